The van der Waals surface area contributed by atoms with Crippen molar-refractivity contribution in [1.82, 2.24) is 0 Å². The number of hydrogen-bond acceptors (Lipinski definition) is 10. The number of methoxy groups -OCH3 is 1. The average molecular weight is 578 g/mol. The standard InChI is InChI=1S/C31H31NO10/c1-16-22(40-25-13-12-24(38-4)31(2,3)42-25)11-10-18-27(35)26(30(37)41-28(16)18)32-29(36)19-14-23(21(34)15-20(19)33)39-17-8-6-5-7-9-17/h5-11,14-15,24-25,33-35H,12-13H2,1-4H3,(H,32,36)/t24-,25-/m1/s1. The van der Waals surface area contributed by atoms with Crippen molar-refractivity contribution in [2.75, 3.05) is 12.4 Å². The molecule has 1 aliphatic heterocycles. The van der Waals surface area contributed by atoms with Gasteiger partial charge in [0.15, 0.2) is 22.9 Å². The fourth-order valence-corrected chi connectivity index (χ4v) is 4.96. The predicted molar refractivity (Wildman–Crippen MR) is 153 cm³/mol. The van der Waals surface area contributed by atoms with Crippen molar-refractivity contribution in [3.8, 4) is 34.5 Å². The summed E-state index contributed by atoms with van der Waals surface area (Å²) in [5.41, 5.74) is -1.91. The van der Waals surface area contributed by atoms with Crippen LogP contribution in [-0.4, -0.2) is 46.3 Å². The Kier molecular flexibility index (Phi) is 7.72. The van der Waals surface area contributed by atoms with Gasteiger partial charge in [-0.25, -0.2) is 4.79 Å². The van der Waals surface area contributed by atoms with Gasteiger partial charge >= 0.3 is 5.63 Å². The molecule has 3 aromatic carbocycles. The maximum atomic E-state index is 13.1. The van der Waals surface area contributed by atoms with Gasteiger partial charge in [0.25, 0.3) is 5.91 Å². The number of fused-ring (bicyclic) bond motifs is 1. The third kappa shape index (κ3) is 5.56. The average Bonchev–Trinajstić information content (AvgIpc) is 2.94. The van der Waals surface area contributed by atoms with Crippen molar-refractivity contribution in [3.05, 3.63) is 76.1 Å². The molecule has 2 heterocycles. The van der Waals surface area contributed by atoms with Gasteiger partial charge in [0.2, 0.25) is 6.29 Å². The molecule has 2 atom stereocenters. The number of aromatic hydroxyl groups is 3. The number of rotatable bonds is 7. The first-order valence-corrected chi connectivity index (χ1v) is 13.3. The van der Waals surface area contributed by atoms with E-state index in [1.54, 1.807) is 50.4 Å². The minimum absolute atomic E-state index is 0.0730. The van der Waals surface area contributed by atoms with E-state index < -0.39 is 46.4 Å². The highest BCUT2D eigenvalue weighted by molar-refractivity contribution is 6.08. The molecule has 5 rings (SSSR count). The molecule has 42 heavy (non-hydrogen) atoms. The van der Waals surface area contributed by atoms with Crippen LogP contribution >= 0.6 is 0 Å². The minimum Gasteiger partial charge on any atom is -0.507 e. The molecule has 4 aromatic rings. The molecule has 1 amide bonds. The molecule has 1 saturated heterocycles. The first-order valence-electron chi connectivity index (χ1n) is 13.3. The van der Waals surface area contributed by atoms with Crippen LogP contribution in [0.15, 0.2) is 63.8 Å². The maximum Gasteiger partial charge on any atom is 0.364 e. The van der Waals surface area contributed by atoms with E-state index >= 15 is 0 Å². The van der Waals surface area contributed by atoms with Crippen molar-refractivity contribution in [2.24, 2.45) is 0 Å². The highest BCUT2D eigenvalue weighted by Crippen LogP contribution is 2.39. The first kappa shape index (κ1) is 28.8. The zero-order valence-electron chi connectivity index (χ0n) is 23.5. The van der Waals surface area contributed by atoms with Crippen LogP contribution in [0.4, 0.5) is 5.69 Å². The number of carbonyl (C=O) groups excluding carboxylic acids is 1. The Labute approximate surface area is 240 Å². The topological polar surface area (TPSA) is 157 Å². The second kappa shape index (κ2) is 11.3. The summed E-state index contributed by atoms with van der Waals surface area (Å²) in [6, 6.07) is 13.7. The molecule has 0 bridgehead atoms. The van der Waals surface area contributed by atoms with Crippen molar-refractivity contribution in [3.63, 3.8) is 0 Å². The zero-order valence-corrected chi connectivity index (χ0v) is 23.5. The summed E-state index contributed by atoms with van der Waals surface area (Å²) in [6.07, 6.45) is 0.679. The molecule has 11 nitrogen and oxygen atoms in total. The van der Waals surface area contributed by atoms with E-state index in [9.17, 15) is 24.9 Å². The van der Waals surface area contributed by atoms with Crippen LogP contribution in [-0.2, 0) is 9.47 Å². The Morgan fingerprint density at radius 3 is 2.43 bits per heavy atom. The SMILES string of the molecule is CO[C@@H]1CC[C@H](Oc2ccc3c(O)c(NC(=O)c4cc(Oc5ccccc5)c(O)cc4O)c(=O)oc3c2C)OC1(C)C. The van der Waals surface area contributed by atoms with Gasteiger partial charge in [0.05, 0.1) is 22.7 Å². The summed E-state index contributed by atoms with van der Waals surface area (Å²) in [6.45, 7) is 5.52. The smallest absolute Gasteiger partial charge is 0.364 e. The van der Waals surface area contributed by atoms with Crippen LogP contribution in [0.1, 0.15) is 42.6 Å². The zero-order chi connectivity index (χ0) is 30.2. The Morgan fingerprint density at radius 2 is 1.74 bits per heavy atom. The van der Waals surface area contributed by atoms with Gasteiger partial charge < -0.3 is 44.0 Å². The third-order valence-corrected chi connectivity index (χ3v) is 7.20. The number of nitrogens with one attached hydrogen (secondary N) is 1. The van der Waals surface area contributed by atoms with E-state index in [-0.39, 0.29) is 28.4 Å². The number of carbonyl (C=O) groups is 1. The van der Waals surface area contributed by atoms with Crippen LogP contribution in [0.2, 0.25) is 0 Å². The van der Waals surface area contributed by atoms with Crippen LogP contribution < -0.4 is 20.4 Å². The molecule has 0 saturated carbocycles. The molecule has 0 spiro atoms. The molecule has 0 unspecified atom stereocenters. The van der Waals surface area contributed by atoms with E-state index in [1.165, 1.54) is 6.07 Å². The van der Waals surface area contributed by atoms with Crippen LogP contribution in [0.5, 0.6) is 34.5 Å². The number of benzene rings is 3. The number of phenolic OH excluding ortho intramolecular Hbond substituents is 2. The number of hydrogen-bond donors (Lipinski definition) is 4. The van der Waals surface area contributed by atoms with Crippen molar-refractivity contribution >= 4 is 22.6 Å². The van der Waals surface area contributed by atoms with E-state index in [0.29, 0.717) is 23.5 Å². The number of ether oxygens (including phenoxy) is 4. The van der Waals surface area contributed by atoms with E-state index in [4.69, 9.17) is 23.4 Å². The van der Waals surface area contributed by atoms with Gasteiger partial charge in [-0.05, 0) is 51.5 Å². The molecule has 4 N–H and O–H groups in total. The molecule has 220 valence electrons. The fourth-order valence-electron chi connectivity index (χ4n) is 4.96. The largest absolute Gasteiger partial charge is 0.507 e. The minimum atomic E-state index is -1.02. The highest BCUT2D eigenvalue weighted by Gasteiger charge is 2.39. The quantitative estimate of drug-likeness (QED) is 0.205. The third-order valence-electron chi connectivity index (χ3n) is 7.20. The molecule has 1 aromatic heterocycles. The lowest BCUT2D eigenvalue weighted by Gasteiger charge is -2.41. The Morgan fingerprint density at radius 1 is 1.00 bits per heavy atom. The number of aryl methyl sites for hydroxylation is 1. The van der Waals surface area contributed by atoms with Gasteiger partial charge in [0, 0.05) is 31.2 Å². The number of phenols is 2. The summed E-state index contributed by atoms with van der Waals surface area (Å²) < 4.78 is 28.8. The lowest BCUT2D eigenvalue weighted by molar-refractivity contribution is -0.233. The molecular formula is C31H31NO10. The first-order chi connectivity index (χ1) is 20.0. The normalized spacial score (nSPS) is 18.0. The number of anilines is 1. The van der Waals surface area contributed by atoms with Gasteiger partial charge in [0.1, 0.15) is 22.8 Å². The van der Waals surface area contributed by atoms with Gasteiger partial charge in [-0.3, -0.25) is 4.79 Å². The maximum absolute atomic E-state index is 13.1. The van der Waals surface area contributed by atoms with Crippen molar-refractivity contribution in [2.45, 2.75) is 51.6 Å². The van der Waals surface area contributed by atoms with Gasteiger partial charge in [-0.2, -0.15) is 0 Å². The Hall–Kier alpha value is -4.74. The second-order valence-corrected chi connectivity index (χ2v) is 10.5. The lowest BCUT2D eigenvalue weighted by Crippen LogP contribution is -2.49. The molecule has 11 heteroatoms. The molecule has 1 fully saturated rings. The number of para-hydroxylation sites is 1. The van der Waals surface area contributed by atoms with E-state index in [2.05, 4.69) is 5.32 Å². The van der Waals surface area contributed by atoms with Gasteiger partial charge in [-0.15, -0.1) is 0 Å². The summed E-state index contributed by atoms with van der Waals surface area (Å²) in [5.74, 6) is -1.78. The molecule has 0 radical (unpaired) electrons. The summed E-state index contributed by atoms with van der Waals surface area (Å²) in [7, 11) is 1.64. The van der Waals surface area contributed by atoms with Crippen molar-refractivity contribution in [1.29, 1.82) is 0 Å². The second-order valence-electron chi connectivity index (χ2n) is 10.5. The van der Waals surface area contributed by atoms with E-state index in [1.807, 2.05) is 13.8 Å². The van der Waals surface area contributed by atoms with E-state index in [0.717, 1.165) is 18.6 Å². The Balaban J connectivity index is 1.40. The lowest BCUT2D eigenvalue weighted by atomic mass is 9.94. The van der Waals surface area contributed by atoms with Crippen molar-refractivity contribution < 1.29 is 43.5 Å². The highest BCUT2D eigenvalue weighted by atomic mass is 16.7. The summed E-state index contributed by atoms with van der Waals surface area (Å²) in [5, 5.41) is 34.0. The number of amides is 1. The molecule has 1 aliphatic rings. The Bertz CT molecular complexity index is 1700. The van der Waals surface area contributed by atoms with Crippen LogP contribution in [0.25, 0.3) is 11.0 Å². The summed E-state index contributed by atoms with van der Waals surface area (Å²) in [4.78, 5) is 26.0. The van der Waals surface area contributed by atoms with Gasteiger partial charge in [-0.1, -0.05) is 18.2 Å². The van der Waals surface area contributed by atoms with Crippen LogP contribution in [0.3, 0.4) is 0 Å². The fraction of sp³-hybridized carbons (Fsp3) is 0.290. The predicted octanol–water partition coefficient (Wildman–Crippen LogP) is 5.57. The summed E-state index contributed by atoms with van der Waals surface area (Å²) >= 11 is 0. The monoisotopic (exact) mass is 577 g/mol. The molecular weight excluding hydrogens is 546 g/mol. The molecule has 0 aliphatic carbocycles. The van der Waals surface area contributed by atoms with Crippen LogP contribution in [0, 0.1) is 6.92 Å².